The molecule has 138 valence electrons. The lowest BCUT2D eigenvalue weighted by atomic mass is 9.85. The van der Waals surface area contributed by atoms with Crippen LogP contribution in [0.15, 0.2) is 30.4 Å². The molecule has 1 N–H and O–H groups in total. The van der Waals surface area contributed by atoms with Crippen LogP contribution in [-0.4, -0.2) is 43.4 Å². The molecule has 7 nitrogen and oxygen atoms in total. The summed E-state index contributed by atoms with van der Waals surface area (Å²) in [6.45, 7) is 0.0295. The maximum absolute atomic E-state index is 12.4. The van der Waals surface area contributed by atoms with Crippen molar-refractivity contribution in [1.29, 1.82) is 0 Å². The zero-order chi connectivity index (χ0) is 18.7. The zero-order valence-electron chi connectivity index (χ0n) is 14.9. The van der Waals surface area contributed by atoms with Crippen molar-refractivity contribution in [1.82, 2.24) is 10.2 Å². The van der Waals surface area contributed by atoms with E-state index in [1.165, 1.54) is 0 Å². The van der Waals surface area contributed by atoms with Gasteiger partial charge in [0.15, 0.2) is 11.5 Å². The molecule has 0 saturated carbocycles. The standard InChI is InChI=1S/C19H22N2O5/c1-25-15-8-7-12(9-16(15)26-2)10-20-17(22)11-21-18(23)13-5-3-4-6-14(13)19(21)24/h3-4,7-9,13-14H,5-6,10-11H2,1-2H3,(H,20,22)/t13-,14-/m1/s1. The highest BCUT2D eigenvalue weighted by Gasteiger charge is 2.47. The summed E-state index contributed by atoms with van der Waals surface area (Å²) in [5.41, 5.74) is 0.827. The number of nitrogens with one attached hydrogen (secondary N) is 1. The Balaban J connectivity index is 1.58. The van der Waals surface area contributed by atoms with Crippen LogP contribution in [0.25, 0.3) is 0 Å². The first-order valence-electron chi connectivity index (χ1n) is 8.53. The molecule has 1 heterocycles. The van der Waals surface area contributed by atoms with E-state index in [0.717, 1.165) is 10.5 Å². The topological polar surface area (TPSA) is 84.9 Å². The van der Waals surface area contributed by atoms with Crippen molar-refractivity contribution < 1.29 is 23.9 Å². The summed E-state index contributed by atoms with van der Waals surface area (Å²) in [6, 6.07) is 5.34. The number of imide groups is 1. The van der Waals surface area contributed by atoms with Crippen LogP contribution in [0.5, 0.6) is 11.5 Å². The van der Waals surface area contributed by atoms with Gasteiger partial charge in [-0.05, 0) is 30.5 Å². The average molecular weight is 358 g/mol. The van der Waals surface area contributed by atoms with Crippen molar-refractivity contribution in [2.75, 3.05) is 20.8 Å². The molecule has 3 rings (SSSR count). The van der Waals surface area contributed by atoms with Crippen LogP contribution >= 0.6 is 0 Å². The number of likely N-dealkylation sites (tertiary alicyclic amines) is 1. The van der Waals surface area contributed by atoms with Crippen LogP contribution in [-0.2, 0) is 20.9 Å². The van der Waals surface area contributed by atoms with Gasteiger partial charge in [0.25, 0.3) is 0 Å². The number of hydrogen-bond donors (Lipinski definition) is 1. The van der Waals surface area contributed by atoms with Crippen LogP contribution in [0.3, 0.4) is 0 Å². The first-order chi connectivity index (χ1) is 12.5. The first kappa shape index (κ1) is 18.0. The highest BCUT2D eigenvalue weighted by molar-refractivity contribution is 6.07. The summed E-state index contributed by atoms with van der Waals surface area (Å²) in [5.74, 6) is -0.311. The van der Waals surface area contributed by atoms with E-state index in [1.54, 1.807) is 26.4 Å². The number of fused-ring (bicyclic) bond motifs is 1. The van der Waals surface area contributed by atoms with Gasteiger partial charge in [-0.25, -0.2) is 0 Å². The van der Waals surface area contributed by atoms with Crippen LogP contribution in [0.4, 0.5) is 0 Å². The Hall–Kier alpha value is -2.83. The van der Waals surface area contributed by atoms with E-state index in [1.807, 2.05) is 18.2 Å². The third-order valence-electron chi connectivity index (χ3n) is 4.84. The highest BCUT2D eigenvalue weighted by atomic mass is 16.5. The van der Waals surface area contributed by atoms with E-state index in [0.29, 0.717) is 24.3 Å². The number of rotatable bonds is 6. The molecule has 0 spiro atoms. The minimum absolute atomic E-state index is 0.238. The summed E-state index contributed by atoms with van der Waals surface area (Å²) < 4.78 is 10.4. The van der Waals surface area contributed by atoms with E-state index in [9.17, 15) is 14.4 Å². The van der Waals surface area contributed by atoms with Crippen molar-refractivity contribution >= 4 is 17.7 Å². The van der Waals surface area contributed by atoms with Gasteiger partial charge in [-0.15, -0.1) is 0 Å². The van der Waals surface area contributed by atoms with Crippen molar-refractivity contribution in [3.8, 4) is 11.5 Å². The fourth-order valence-electron chi connectivity index (χ4n) is 3.42. The van der Waals surface area contributed by atoms with E-state index in [4.69, 9.17) is 9.47 Å². The number of amides is 3. The normalized spacial score (nSPS) is 21.5. The number of ether oxygens (including phenoxy) is 2. The Kier molecular flexibility index (Phi) is 5.25. The van der Waals surface area contributed by atoms with Crippen LogP contribution < -0.4 is 14.8 Å². The van der Waals surface area contributed by atoms with Crippen molar-refractivity contribution in [3.63, 3.8) is 0 Å². The average Bonchev–Trinajstić information content (AvgIpc) is 2.91. The van der Waals surface area contributed by atoms with Crippen molar-refractivity contribution in [2.45, 2.75) is 19.4 Å². The van der Waals surface area contributed by atoms with Gasteiger partial charge >= 0.3 is 0 Å². The zero-order valence-corrected chi connectivity index (χ0v) is 14.9. The van der Waals surface area contributed by atoms with Crippen LogP contribution in [0.2, 0.25) is 0 Å². The van der Waals surface area contributed by atoms with Gasteiger partial charge in [0.1, 0.15) is 6.54 Å². The lowest BCUT2D eigenvalue weighted by Gasteiger charge is -2.15. The summed E-state index contributed by atoms with van der Waals surface area (Å²) in [5, 5.41) is 2.74. The second-order valence-electron chi connectivity index (χ2n) is 6.38. The largest absolute Gasteiger partial charge is 0.493 e. The molecule has 2 atom stereocenters. The quantitative estimate of drug-likeness (QED) is 0.611. The molecule has 1 saturated heterocycles. The Morgan fingerprint density at radius 3 is 2.27 bits per heavy atom. The minimum Gasteiger partial charge on any atom is -0.493 e. The van der Waals surface area contributed by atoms with E-state index >= 15 is 0 Å². The predicted molar refractivity (Wildman–Crippen MR) is 93.5 cm³/mol. The molecule has 0 aromatic heterocycles. The van der Waals surface area contributed by atoms with Gasteiger partial charge in [0, 0.05) is 6.54 Å². The van der Waals surface area contributed by atoms with Gasteiger partial charge in [0.05, 0.1) is 26.1 Å². The van der Waals surface area contributed by atoms with E-state index < -0.39 is 0 Å². The maximum Gasteiger partial charge on any atom is 0.240 e. The second kappa shape index (κ2) is 7.59. The van der Waals surface area contributed by atoms with Crippen LogP contribution in [0, 0.1) is 11.8 Å². The molecule has 1 aromatic rings. The Morgan fingerprint density at radius 2 is 1.69 bits per heavy atom. The monoisotopic (exact) mass is 358 g/mol. The molecule has 26 heavy (non-hydrogen) atoms. The van der Waals surface area contributed by atoms with E-state index in [-0.39, 0.29) is 42.6 Å². The number of benzene rings is 1. The molecule has 0 bridgehead atoms. The first-order valence-corrected chi connectivity index (χ1v) is 8.53. The summed E-state index contributed by atoms with van der Waals surface area (Å²) in [4.78, 5) is 38.1. The highest BCUT2D eigenvalue weighted by Crippen LogP contribution is 2.34. The van der Waals surface area contributed by atoms with E-state index in [2.05, 4.69) is 5.32 Å². The minimum atomic E-state index is -0.368. The molecule has 1 aromatic carbocycles. The van der Waals surface area contributed by atoms with Gasteiger partial charge < -0.3 is 14.8 Å². The van der Waals surface area contributed by atoms with Gasteiger partial charge in [-0.2, -0.15) is 0 Å². The molecular weight excluding hydrogens is 336 g/mol. The molecule has 1 fully saturated rings. The molecule has 7 heteroatoms. The Bertz CT molecular complexity index is 732. The van der Waals surface area contributed by atoms with Crippen molar-refractivity contribution in [2.24, 2.45) is 11.8 Å². The molecule has 0 radical (unpaired) electrons. The number of methoxy groups -OCH3 is 2. The molecule has 2 aliphatic rings. The number of nitrogens with zero attached hydrogens (tertiary/aromatic N) is 1. The number of carbonyl (C=O) groups is 3. The number of hydrogen-bond acceptors (Lipinski definition) is 5. The van der Waals surface area contributed by atoms with Gasteiger partial charge in [0.2, 0.25) is 17.7 Å². The lowest BCUT2D eigenvalue weighted by molar-refractivity contribution is -0.143. The summed E-state index contributed by atoms with van der Waals surface area (Å²) in [6.07, 6.45) is 4.98. The summed E-state index contributed by atoms with van der Waals surface area (Å²) in [7, 11) is 3.09. The predicted octanol–water partition coefficient (Wildman–Crippen LogP) is 1.27. The second-order valence-corrected chi connectivity index (χ2v) is 6.38. The summed E-state index contributed by atoms with van der Waals surface area (Å²) >= 11 is 0. The fourth-order valence-corrected chi connectivity index (χ4v) is 3.42. The van der Waals surface area contributed by atoms with Crippen molar-refractivity contribution in [3.05, 3.63) is 35.9 Å². The Labute approximate surface area is 151 Å². The van der Waals surface area contributed by atoms with Gasteiger partial charge in [-0.3, -0.25) is 19.3 Å². The van der Waals surface area contributed by atoms with Gasteiger partial charge in [-0.1, -0.05) is 18.2 Å². The fraction of sp³-hybridized carbons (Fsp3) is 0.421. The van der Waals surface area contributed by atoms with Crippen LogP contribution in [0.1, 0.15) is 18.4 Å². The molecule has 1 aliphatic carbocycles. The lowest BCUT2D eigenvalue weighted by Crippen LogP contribution is -2.40. The Morgan fingerprint density at radius 1 is 1.08 bits per heavy atom. The third-order valence-corrected chi connectivity index (χ3v) is 4.84. The number of allylic oxidation sites excluding steroid dienone is 2. The molecular formula is C19H22N2O5. The maximum atomic E-state index is 12.4. The third kappa shape index (κ3) is 3.42. The smallest absolute Gasteiger partial charge is 0.240 e. The molecule has 3 amide bonds. The molecule has 1 aliphatic heterocycles. The molecule has 0 unspecified atom stereocenters. The number of carbonyl (C=O) groups excluding carboxylic acids is 3. The SMILES string of the molecule is COc1ccc(CNC(=O)CN2C(=O)[C@@H]3CC=CC[C@H]3C2=O)cc1OC.